The number of hydrogen-bond acceptors (Lipinski definition) is 3. The van der Waals surface area contributed by atoms with Gasteiger partial charge in [-0.2, -0.15) is 5.10 Å². The van der Waals surface area contributed by atoms with Crippen LogP contribution in [0.5, 0.6) is 5.75 Å². The summed E-state index contributed by atoms with van der Waals surface area (Å²) < 4.78 is 5.17. The molecule has 6 heteroatoms. The zero-order valence-electron chi connectivity index (χ0n) is 11.6. The summed E-state index contributed by atoms with van der Waals surface area (Å²) in [6.07, 6.45) is 1.93. The quantitative estimate of drug-likeness (QED) is 0.784. The van der Waals surface area contributed by atoms with Crippen LogP contribution in [0.15, 0.2) is 30.3 Å². The summed E-state index contributed by atoms with van der Waals surface area (Å²) in [5.74, 6) is 1.11. The van der Waals surface area contributed by atoms with Crippen LogP contribution in [0, 0.1) is 0 Å². The number of methoxy groups -OCH3 is 1. The molecule has 2 amide bonds. The van der Waals surface area contributed by atoms with Crippen molar-refractivity contribution >= 4 is 17.5 Å². The zero-order chi connectivity index (χ0) is 14.4. The van der Waals surface area contributed by atoms with Crippen molar-refractivity contribution in [2.45, 2.75) is 19.8 Å². The molecule has 20 heavy (non-hydrogen) atoms. The van der Waals surface area contributed by atoms with Gasteiger partial charge < -0.3 is 10.1 Å². The van der Waals surface area contributed by atoms with Crippen molar-refractivity contribution in [3.63, 3.8) is 0 Å². The molecule has 0 aliphatic rings. The number of benzene rings is 1. The molecule has 0 atom stereocenters. The minimum Gasteiger partial charge on any atom is -0.495 e. The fraction of sp³-hybridized carbons (Fsp3) is 0.286. The van der Waals surface area contributed by atoms with E-state index in [1.54, 1.807) is 19.2 Å². The molecule has 1 heterocycles. The van der Waals surface area contributed by atoms with Gasteiger partial charge in [-0.25, -0.2) is 4.79 Å². The lowest BCUT2D eigenvalue weighted by molar-refractivity contribution is 0.262. The van der Waals surface area contributed by atoms with Crippen molar-refractivity contribution < 1.29 is 9.53 Å². The van der Waals surface area contributed by atoms with E-state index in [0.717, 1.165) is 18.5 Å². The number of aryl methyl sites for hydroxylation is 1. The number of nitrogens with one attached hydrogen (secondary N) is 3. The summed E-state index contributed by atoms with van der Waals surface area (Å²) in [5.41, 5.74) is 1.61. The predicted molar refractivity (Wildman–Crippen MR) is 78.2 cm³/mol. The number of para-hydroxylation sites is 2. The monoisotopic (exact) mass is 274 g/mol. The minimum absolute atomic E-state index is 0.357. The second-order valence-electron chi connectivity index (χ2n) is 4.31. The van der Waals surface area contributed by atoms with E-state index in [2.05, 4.69) is 27.8 Å². The van der Waals surface area contributed by atoms with Gasteiger partial charge in [-0.05, 0) is 18.6 Å². The van der Waals surface area contributed by atoms with Crippen LogP contribution >= 0.6 is 0 Å². The first kappa shape index (κ1) is 13.9. The molecule has 0 aliphatic carbocycles. The summed E-state index contributed by atoms with van der Waals surface area (Å²) in [4.78, 5) is 11.9. The molecule has 0 unspecified atom stereocenters. The van der Waals surface area contributed by atoms with Crippen LogP contribution in [0.2, 0.25) is 0 Å². The second-order valence-corrected chi connectivity index (χ2v) is 4.31. The molecular formula is C14H18N4O2. The van der Waals surface area contributed by atoms with Crippen LogP contribution in [-0.2, 0) is 6.42 Å². The Hall–Kier alpha value is -2.50. The first-order valence-electron chi connectivity index (χ1n) is 6.48. The molecular weight excluding hydrogens is 256 g/mol. The number of rotatable bonds is 5. The third kappa shape index (κ3) is 3.50. The lowest BCUT2D eigenvalue weighted by Gasteiger charge is -2.09. The fourth-order valence-corrected chi connectivity index (χ4v) is 1.84. The van der Waals surface area contributed by atoms with Crippen molar-refractivity contribution in [1.82, 2.24) is 10.2 Å². The Morgan fingerprint density at radius 3 is 2.90 bits per heavy atom. The molecule has 0 fully saturated rings. The highest BCUT2D eigenvalue weighted by molar-refractivity contribution is 6.00. The lowest BCUT2D eigenvalue weighted by Crippen LogP contribution is -2.20. The Morgan fingerprint density at radius 1 is 1.35 bits per heavy atom. The number of nitrogens with zero attached hydrogens (tertiary/aromatic N) is 1. The van der Waals surface area contributed by atoms with E-state index < -0.39 is 0 Å². The smallest absolute Gasteiger partial charge is 0.325 e. The standard InChI is InChI=1S/C14H18N4O2/c1-3-6-10-9-13(18-17-10)16-14(19)15-11-7-4-5-8-12(11)20-2/h4-5,7-9H,3,6H2,1-2H3,(H3,15,16,17,18,19). The van der Waals surface area contributed by atoms with Gasteiger partial charge in [0.05, 0.1) is 12.8 Å². The average molecular weight is 274 g/mol. The van der Waals surface area contributed by atoms with Crippen molar-refractivity contribution in [3.05, 3.63) is 36.0 Å². The molecule has 1 aromatic carbocycles. The number of urea groups is 1. The predicted octanol–water partition coefficient (Wildman–Crippen LogP) is 3.01. The molecule has 0 saturated carbocycles. The van der Waals surface area contributed by atoms with Gasteiger partial charge in [-0.3, -0.25) is 10.4 Å². The average Bonchev–Trinajstić information content (AvgIpc) is 2.87. The van der Waals surface area contributed by atoms with Crippen molar-refractivity contribution in [1.29, 1.82) is 0 Å². The van der Waals surface area contributed by atoms with Gasteiger partial charge >= 0.3 is 6.03 Å². The number of hydrogen-bond donors (Lipinski definition) is 3. The van der Waals surface area contributed by atoms with E-state index in [1.165, 1.54) is 0 Å². The highest BCUT2D eigenvalue weighted by Gasteiger charge is 2.08. The lowest BCUT2D eigenvalue weighted by atomic mass is 10.2. The number of amides is 2. The van der Waals surface area contributed by atoms with Gasteiger partial charge in [-0.15, -0.1) is 0 Å². The molecule has 2 aromatic rings. The SMILES string of the molecule is CCCc1cc(NC(=O)Nc2ccccc2OC)n[nH]1. The molecule has 6 nitrogen and oxygen atoms in total. The molecule has 0 spiro atoms. The van der Waals surface area contributed by atoms with E-state index in [-0.39, 0.29) is 6.03 Å². The van der Waals surface area contributed by atoms with Crippen LogP contribution in [0.3, 0.4) is 0 Å². The fourth-order valence-electron chi connectivity index (χ4n) is 1.84. The van der Waals surface area contributed by atoms with E-state index in [4.69, 9.17) is 4.74 Å². The Bertz CT molecular complexity index is 580. The Balaban J connectivity index is 1.97. The van der Waals surface area contributed by atoms with Gasteiger partial charge in [-0.1, -0.05) is 25.5 Å². The van der Waals surface area contributed by atoms with Gasteiger partial charge in [0.2, 0.25) is 0 Å². The highest BCUT2D eigenvalue weighted by atomic mass is 16.5. The number of carbonyl (C=O) groups excluding carboxylic acids is 1. The van der Waals surface area contributed by atoms with Crippen LogP contribution in [0.4, 0.5) is 16.3 Å². The summed E-state index contributed by atoms with van der Waals surface area (Å²) >= 11 is 0. The number of H-pyrrole nitrogens is 1. The first-order valence-corrected chi connectivity index (χ1v) is 6.48. The third-order valence-electron chi connectivity index (χ3n) is 2.75. The summed E-state index contributed by atoms with van der Waals surface area (Å²) in [5, 5.41) is 12.3. The number of anilines is 2. The number of carbonyl (C=O) groups is 1. The summed E-state index contributed by atoms with van der Waals surface area (Å²) in [7, 11) is 1.56. The van der Waals surface area contributed by atoms with Crippen LogP contribution in [0.1, 0.15) is 19.0 Å². The molecule has 3 N–H and O–H groups in total. The first-order chi connectivity index (χ1) is 9.72. The largest absolute Gasteiger partial charge is 0.495 e. The Kier molecular flexibility index (Phi) is 4.60. The second kappa shape index (κ2) is 6.60. The maximum atomic E-state index is 11.9. The van der Waals surface area contributed by atoms with E-state index in [0.29, 0.717) is 17.3 Å². The Morgan fingerprint density at radius 2 is 2.15 bits per heavy atom. The zero-order valence-corrected chi connectivity index (χ0v) is 11.6. The van der Waals surface area contributed by atoms with E-state index in [1.807, 2.05) is 18.2 Å². The number of ether oxygens (including phenoxy) is 1. The molecule has 0 saturated heterocycles. The van der Waals surface area contributed by atoms with Crippen molar-refractivity contribution in [3.8, 4) is 5.75 Å². The summed E-state index contributed by atoms with van der Waals surface area (Å²) in [6.45, 7) is 2.09. The van der Waals surface area contributed by atoms with Gasteiger partial charge in [0.15, 0.2) is 5.82 Å². The van der Waals surface area contributed by atoms with Crippen LogP contribution in [-0.4, -0.2) is 23.3 Å². The number of aromatic nitrogens is 2. The van der Waals surface area contributed by atoms with Gasteiger partial charge in [0, 0.05) is 11.8 Å². The van der Waals surface area contributed by atoms with Crippen LogP contribution < -0.4 is 15.4 Å². The topological polar surface area (TPSA) is 79.0 Å². The Labute approximate surface area is 117 Å². The molecule has 1 aromatic heterocycles. The van der Waals surface area contributed by atoms with Crippen LogP contribution in [0.25, 0.3) is 0 Å². The van der Waals surface area contributed by atoms with E-state index in [9.17, 15) is 4.79 Å². The van der Waals surface area contributed by atoms with Crippen molar-refractivity contribution in [2.75, 3.05) is 17.7 Å². The molecule has 2 rings (SSSR count). The molecule has 106 valence electrons. The third-order valence-corrected chi connectivity index (χ3v) is 2.75. The maximum absolute atomic E-state index is 11.9. The maximum Gasteiger partial charge on any atom is 0.325 e. The van der Waals surface area contributed by atoms with E-state index >= 15 is 0 Å². The normalized spacial score (nSPS) is 10.1. The minimum atomic E-state index is -0.357. The molecule has 0 bridgehead atoms. The van der Waals surface area contributed by atoms with Gasteiger partial charge in [0.1, 0.15) is 5.75 Å². The summed E-state index contributed by atoms with van der Waals surface area (Å²) in [6, 6.07) is 8.68. The van der Waals surface area contributed by atoms with Gasteiger partial charge in [0.25, 0.3) is 0 Å². The highest BCUT2D eigenvalue weighted by Crippen LogP contribution is 2.23. The van der Waals surface area contributed by atoms with Crippen molar-refractivity contribution in [2.24, 2.45) is 0 Å². The molecule has 0 radical (unpaired) electrons. The molecule has 0 aliphatic heterocycles. The number of aromatic amines is 1.